The van der Waals surface area contributed by atoms with Crippen molar-refractivity contribution in [2.24, 2.45) is 5.73 Å². The van der Waals surface area contributed by atoms with Crippen LogP contribution in [0.2, 0.25) is 5.02 Å². The van der Waals surface area contributed by atoms with E-state index < -0.39 is 0 Å². The Balaban J connectivity index is 2.03. The summed E-state index contributed by atoms with van der Waals surface area (Å²) in [6.07, 6.45) is 0. The van der Waals surface area contributed by atoms with Crippen LogP contribution in [0.25, 0.3) is 0 Å². The van der Waals surface area contributed by atoms with Crippen LogP contribution >= 0.6 is 22.9 Å². The zero-order chi connectivity index (χ0) is 11.8. The summed E-state index contributed by atoms with van der Waals surface area (Å²) in [5.41, 5.74) is 7.04. The number of fused-ring (bicyclic) bond motifs is 1. The highest BCUT2D eigenvalue weighted by molar-refractivity contribution is 7.10. The van der Waals surface area contributed by atoms with Crippen LogP contribution in [0.4, 0.5) is 0 Å². The predicted molar refractivity (Wildman–Crippen MR) is 67.9 cm³/mol. The van der Waals surface area contributed by atoms with Gasteiger partial charge in [-0.2, -0.15) is 0 Å². The zero-order valence-electron chi connectivity index (χ0n) is 8.85. The summed E-state index contributed by atoms with van der Waals surface area (Å²) in [6, 6.07) is 7.36. The van der Waals surface area contributed by atoms with E-state index in [1.807, 2.05) is 23.6 Å². The molecule has 0 bridgehead atoms. The second kappa shape index (κ2) is 4.22. The molecule has 0 unspecified atom stereocenters. The molecule has 2 heterocycles. The maximum atomic E-state index is 6.21. The lowest BCUT2D eigenvalue weighted by Gasteiger charge is -2.12. The highest BCUT2D eigenvalue weighted by Gasteiger charge is 2.20. The van der Waals surface area contributed by atoms with E-state index in [0.717, 1.165) is 10.4 Å². The van der Waals surface area contributed by atoms with Crippen LogP contribution in [0.1, 0.15) is 16.5 Å². The summed E-state index contributed by atoms with van der Waals surface area (Å²) in [6.45, 7) is 0.239. The van der Waals surface area contributed by atoms with Crippen LogP contribution in [0, 0.1) is 0 Å². The summed E-state index contributed by atoms with van der Waals surface area (Å²) in [5.74, 6) is 1.38. The van der Waals surface area contributed by atoms with Crippen molar-refractivity contribution in [3.8, 4) is 11.5 Å². The normalized spacial score (nSPS) is 14.9. The molecule has 1 aliphatic heterocycles. The van der Waals surface area contributed by atoms with Gasteiger partial charge in [-0.25, -0.2) is 0 Å². The molecule has 0 fully saturated rings. The van der Waals surface area contributed by atoms with Gasteiger partial charge in [0.15, 0.2) is 11.5 Å². The van der Waals surface area contributed by atoms with Crippen molar-refractivity contribution < 1.29 is 9.47 Å². The average molecular weight is 268 g/mol. The number of hydrogen-bond acceptors (Lipinski definition) is 4. The van der Waals surface area contributed by atoms with Gasteiger partial charge >= 0.3 is 0 Å². The molecular weight excluding hydrogens is 258 g/mol. The molecule has 1 atom stereocenters. The van der Waals surface area contributed by atoms with E-state index in [9.17, 15) is 0 Å². The Morgan fingerprint density at radius 1 is 1.29 bits per heavy atom. The zero-order valence-corrected chi connectivity index (χ0v) is 10.4. The molecule has 3 nitrogen and oxygen atoms in total. The van der Waals surface area contributed by atoms with Gasteiger partial charge in [0, 0.05) is 16.0 Å². The van der Waals surface area contributed by atoms with E-state index >= 15 is 0 Å². The van der Waals surface area contributed by atoms with Crippen LogP contribution in [0.3, 0.4) is 0 Å². The molecule has 0 radical (unpaired) electrons. The van der Waals surface area contributed by atoms with Gasteiger partial charge in [0.25, 0.3) is 0 Å². The first-order valence-electron chi connectivity index (χ1n) is 5.14. The van der Waals surface area contributed by atoms with Crippen molar-refractivity contribution >= 4 is 22.9 Å². The Morgan fingerprint density at radius 3 is 2.76 bits per heavy atom. The molecule has 3 rings (SSSR count). The summed E-state index contributed by atoms with van der Waals surface area (Å²) in [4.78, 5) is 1.07. The third kappa shape index (κ3) is 1.88. The lowest BCUT2D eigenvalue weighted by Crippen LogP contribution is -2.10. The Bertz CT molecular complexity index is 542. The first-order valence-corrected chi connectivity index (χ1v) is 6.39. The van der Waals surface area contributed by atoms with Crippen LogP contribution < -0.4 is 15.2 Å². The molecule has 2 aromatic rings. The van der Waals surface area contributed by atoms with Crippen molar-refractivity contribution in [3.05, 3.63) is 45.1 Å². The third-order valence-electron chi connectivity index (χ3n) is 2.68. The van der Waals surface area contributed by atoms with E-state index in [1.165, 1.54) is 0 Å². The number of hydrogen-bond donors (Lipinski definition) is 1. The lowest BCUT2D eigenvalue weighted by molar-refractivity contribution is 0.174. The smallest absolute Gasteiger partial charge is 0.231 e. The van der Waals surface area contributed by atoms with Crippen molar-refractivity contribution in [2.75, 3.05) is 6.79 Å². The summed E-state index contributed by atoms with van der Waals surface area (Å²) in [5, 5.41) is 2.60. The molecule has 0 amide bonds. The van der Waals surface area contributed by atoms with Gasteiger partial charge in [-0.3, -0.25) is 0 Å². The van der Waals surface area contributed by atoms with Gasteiger partial charge in [-0.15, -0.1) is 11.3 Å². The van der Waals surface area contributed by atoms with Gasteiger partial charge in [0.1, 0.15) is 0 Å². The Hall–Kier alpha value is -1.23. The topological polar surface area (TPSA) is 44.5 Å². The largest absolute Gasteiger partial charge is 0.454 e. The lowest BCUT2D eigenvalue weighted by atomic mass is 10.1. The van der Waals surface area contributed by atoms with E-state index in [1.54, 1.807) is 17.4 Å². The molecule has 1 aromatic carbocycles. The highest BCUT2D eigenvalue weighted by Crippen LogP contribution is 2.40. The fraction of sp³-hybridized carbons (Fsp3) is 0.167. The van der Waals surface area contributed by atoms with Crippen molar-refractivity contribution in [1.29, 1.82) is 0 Å². The minimum Gasteiger partial charge on any atom is -0.454 e. The average Bonchev–Trinajstić information content (AvgIpc) is 2.97. The van der Waals surface area contributed by atoms with Gasteiger partial charge in [0.2, 0.25) is 6.79 Å². The number of ether oxygens (including phenoxy) is 2. The molecule has 1 aliphatic rings. The van der Waals surface area contributed by atoms with Crippen LogP contribution in [0.15, 0.2) is 29.6 Å². The molecular formula is C12H10ClNO2S. The fourth-order valence-corrected chi connectivity index (χ4v) is 2.81. The van der Waals surface area contributed by atoms with E-state index in [-0.39, 0.29) is 12.8 Å². The molecule has 0 spiro atoms. The molecule has 2 N–H and O–H groups in total. The number of nitrogens with two attached hydrogens (primary N) is 1. The number of benzene rings is 1. The van der Waals surface area contributed by atoms with Gasteiger partial charge in [0.05, 0.1) is 6.04 Å². The molecule has 5 heteroatoms. The quantitative estimate of drug-likeness (QED) is 0.909. The van der Waals surface area contributed by atoms with E-state index in [2.05, 4.69) is 0 Å². The number of rotatable bonds is 2. The Kier molecular flexibility index (Phi) is 2.70. The van der Waals surface area contributed by atoms with Gasteiger partial charge in [-0.1, -0.05) is 17.7 Å². The molecule has 0 saturated heterocycles. The fourth-order valence-electron chi connectivity index (χ4n) is 1.79. The molecule has 0 saturated carbocycles. The third-order valence-corrected chi connectivity index (χ3v) is 3.96. The Labute approximate surface area is 108 Å². The molecule has 88 valence electrons. The van der Waals surface area contributed by atoms with Crippen LogP contribution in [-0.4, -0.2) is 6.79 Å². The maximum Gasteiger partial charge on any atom is 0.231 e. The SMILES string of the molecule is N[C@H](c1cccs1)c1cc2c(cc1Cl)OCO2. The maximum absolute atomic E-state index is 6.21. The summed E-state index contributed by atoms with van der Waals surface area (Å²) >= 11 is 7.82. The predicted octanol–water partition coefficient (Wildman–Crippen LogP) is 3.18. The highest BCUT2D eigenvalue weighted by atomic mass is 35.5. The molecule has 17 heavy (non-hydrogen) atoms. The van der Waals surface area contributed by atoms with E-state index in [0.29, 0.717) is 16.5 Å². The van der Waals surface area contributed by atoms with Crippen molar-refractivity contribution in [2.45, 2.75) is 6.04 Å². The first-order chi connectivity index (χ1) is 8.25. The standard InChI is InChI=1S/C12H10ClNO2S/c13-8-5-10-9(15-6-16-10)4-7(8)12(14)11-2-1-3-17-11/h1-5,12H,6,14H2/t12-/m0/s1. The first kappa shape index (κ1) is 10.9. The van der Waals surface area contributed by atoms with E-state index in [4.69, 9.17) is 26.8 Å². The second-order valence-corrected chi connectivity index (χ2v) is 5.11. The van der Waals surface area contributed by atoms with Crippen LogP contribution in [0.5, 0.6) is 11.5 Å². The monoisotopic (exact) mass is 267 g/mol. The van der Waals surface area contributed by atoms with Gasteiger partial charge in [-0.05, 0) is 23.1 Å². The molecule has 0 aliphatic carbocycles. The number of thiophene rings is 1. The second-order valence-electron chi connectivity index (χ2n) is 3.72. The number of halogens is 1. The van der Waals surface area contributed by atoms with Gasteiger partial charge < -0.3 is 15.2 Å². The summed E-state index contributed by atoms with van der Waals surface area (Å²) in [7, 11) is 0. The van der Waals surface area contributed by atoms with Crippen molar-refractivity contribution in [1.82, 2.24) is 0 Å². The Morgan fingerprint density at radius 2 is 2.06 bits per heavy atom. The molecule has 1 aromatic heterocycles. The minimum absolute atomic E-state index is 0.225. The van der Waals surface area contributed by atoms with Crippen LogP contribution in [-0.2, 0) is 0 Å². The minimum atomic E-state index is -0.225. The van der Waals surface area contributed by atoms with Crippen molar-refractivity contribution in [3.63, 3.8) is 0 Å². The summed E-state index contributed by atoms with van der Waals surface area (Å²) < 4.78 is 10.6.